The van der Waals surface area contributed by atoms with Crippen molar-refractivity contribution >= 4 is 58.2 Å². The predicted molar refractivity (Wildman–Crippen MR) is 137 cm³/mol. The van der Waals surface area contributed by atoms with Crippen molar-refractivity contribution in [1.29, 1.82) is 0 Å². The Bertz CT molecular complexity index is 1380. The molecule has 1 aliphatic rings. The van der Waals surface area contributed by atoms with Crippen LogP contribution >= 0.6 is 35.0 Å². The summed E-state index contributed by atoms with van der Waals surface area (Å²) >= 11 is 13.3. The third-order valence-corrected chi connectivity index (χ3v) is 6.56. The molecule has 1 saturated heterocycles. The van der Waals surface area contributed by atoms with Crippen LogP contribution in [0.2, 0.25) is 10.0 Å². The van der Waals surface area contributed by atoms with E-state index in [1.165, 1.54) is 42.5 Å². The molecule has 184 valence electrons. The Hall–Kier alpha value is -3.33. The molecule has 0 aliphatic carbocycles. The van der Waals surface area contributed by atoms with Crippen molar-refractivity contribution in [2.45, 2.75) is 13.5 Å². The normalized spacial score (nSPS) is 14.4. The zero-order valence-electron chi connectivity index (χ0n) is 18.8. The summed E-state index contributed by atoms with van der Waals surface area (Å²) in [6, 6.07) is 15.0. The van der Waals surface area contributed by atoms with Crippen molar-refractivity contribution in [2.24, 2.45) is 0 Å². The first-order valence-corrected chi connectivity index (χ1v) is 12.3. The molecule has 36 heavy (non-hydrogen) atoms. The highest BCUT2D eigenvalue weighted by molar-refractivity contribution is 8.18. The van der Waals surface area contributed by atoms with Crippen LogP contribution in [-0.2, 0) is 11.3 Å². The summed E-state index contributed by atoms with van der Waals surface area (Å²) in [6.07, 6.45) is 1.50. The fraction of sp³-hybridized carbons (Fsp3) is 0.115. The quantitative estimate of drug-likeness (QED) is 0.181. The van der Waals surface area contributed by atoms with Gasteiger partial charge in [-0.25, -0.2) is 9.18 Å². The Morgan fingerprint density at radius 1 is 1.06 bits per heavy atom. The van der Waals surface area contributed by atoms with Gasteiger partial charge in [0.2, 0.25) is 0 Å². The first-order valence-electron chi connectivity index (χ1n) is 10.7. The largest absolute Gasteiger partial charge is 0.490 e. The number of benzene rings is 3. The maximum Gasteiger partial charge on any atom is 0.345 e. The summed E-state index contributed by atoms with van der Waals surface area (Å²) in [6.45, 7) is 2.02. The molecule has 0 spiro atoms. The molecular weight excluding hydrogens is 528 g/mol. The van der Waals surface area contributed by atoms with Crippen LogP contribution in [0.4, 0.5) is 9.18 Å². The SMILES string of the molecule is CCOc1cc(/C=C2\SC(=O)N(Cc3ccc(F)cc3)C2=O)cc(Cl)c1OC(=O)c1ccccc1Cl. The molecule has 0 radical (unpaired) electrons. The lowest BCUT2D eigenvalue weighted by Gasteiger charge is -2.14. The van der Waals surface area contributed by atoms with Crippen LogP contribution in [0.3, 0.4) is 0 Å². The first kappa shape index (κ1) is 25.8. The molecule has 0 aromatic heterocycles. The average Bonchev–Trinajstić information content (AvgIpc) is 3.10. The Kier molecular flexibility index (Phi) is 7.98. The smallest absolute Gasteiger partial charge is 0.345 e. The monoisotopic (exact) mass is 545 g/mol. The molecular formula is C26H18Cl2FNO5S. The lowest BCUT2D eigenvalue weighted by Crippen LogP contribution is -2.27. The second-order valence-electron chi connectivity index (χ2n) is 7.53. The summed E-state index contributed by atoms with van der Waals surface area (Å²) < 4.78 is 24.3. The minimum absolute atomic E-state index is 0.00463. The molecule has 3 aromatic rings. The van der Waals surface area contributed by atoms with Crippen LogP contribution in [0.15, 0.2) is 65.6 Å². The van der Waals surface area contributed by atoms with Crippen LogP contribution in [0.25, 0.3) is 6.08 Å². The zero-order valence-corrected chi connectivity index (χ0v) is 21.1. The van der Waals surface area contributed by atoms with E-state index in [9.17, 15) is 18.8 Å². The number of amides is 2. The zero-order chi connectivity index (χ0) is 25.8. The fourth-order valence-corrected chi connectivity index (χ4v) is 4.68. The Balaban J connectivity index is 1.59. The van der Waals surface area contributed by atoms with Gasteiger partial charge in [0.15, 0.2) is 11.5 Å². The van der Waals surface area contributed by atoms with E-state index in [1.54, 1.807) is 31.2 Å². The van der Waals surface area contributed by atoms with Crippen LogP contribution in [0, 0.1) is 5.82 Å². The number of ether oxygens (including phenoxy) is 2. The van der Waals surface area contributed by atoms with E-state index in [2.05, 4.69) is 0 Å². The van der Waals surface area contributed by atoms with E-state index < -0.39 is 22.9 Å². The number of hydrogen-bond acceptors (Lipinski definition) is 6. The van der Waals surface area contributed by atoms with Gasteiger partial charge in [0.25, 0.3) is 11.1 Å². The summed E-state index contributed by atoms with van der Waals surface area (Å²) in [5.74, 6) is -1.42. The predicted octanol–water partition coefficient (Wildman–Crippen LogP) is 6.99. The molecule has 0 N–H and O–H groups in total. The van der Waals surface area contributed by atoms with Gasteiger partial charge in [-0.3, -0.25) is 14.5 Å². The van der Waals surface area contributed by atoms with E-state index in [-0.39, 0.29) is 45.2 Å². The number of halogens is 3. The van der Waals surface area contributed by atoms with Gasteiger partial charge in [-0.05, 0) is 72.3 Å². The highest BCUT2D eigenvalue weighted by atomic mass is 35.5. The van der Waals surface area contributed by atoms with Crippen molar-refractivity contribution in [1.82, 2.24) is 4.90 Å². The number of carbonyl (C=O) groups excluding carboxylic acids is 3. The van der Waals surface area contributed by atoms with Gasteiger partial charge in [-0.1, -0.05) is 47.5 Å². The topological polar surface area (TPSA) is 72.9 Å². The second kappa shape index (κ2) is 11.2. The number of rotatable bonds is 7. The first-order chi connectivity index (χ1) is 17.3. The fourth-order valence-electron chi connectivity index (χ4n) is 3.37. The van der Waals surface area contributed by atoms with E-state index in [0.29, 0.717) is 11.1 Å². The molecule has 4 rings (SSSR count). The average molecular weight is 546 g/mol. The van der Waals surface area contributed by atoms with E-state index in [1.807, 2.05) is 0 Å². The van der Waals surface area contributed by atoms with Crippen LogP contribution in [-0.4, -0.2) is 28.6 Å². The lowest BCUT2D eigenvalue weighted by atomic mass is 10.1. The molecule has 0 atom stereocenters. The molecule has 0 bridgehead atoms. The molecule has 0 unspecified atom stereocenters. The molecule has 3 aromatic carbocycles. The molecule has 10 heteroatoms. The highest BCUT2D eigenvalue weighted by Gasteiger charge is 2.35. The molecule has 2 amide bonds. The number of thioether (sulfide) groups is 1. The van der Waals surface area contributed by atoms with Gasteiger partial charge in [0.1, 0.15) is 5.82 Å². The maximum absolute atomic E-state index is 13.2. The van der Waals surface area contributed by atoms with Crippen molar-refractivity contribution in [3.8, 4) is 11.5 Å². The summed E-state index contributed by atoms with van der Waals surface area (Å²) in [4.78, 5) is 39.3. The molecule has 6 nitrogen and oxygen atoms in total. The third-order valence-electron chi connectivity index (χ3n) is 5.05. The van der Waals surface area contributed by atoms with Gasteiger partial charge in [0, 0.05) is 0 Å². The Morgan fingerprint density at radius 3 is 2.47 bits per heavy atom. The standard InChI is InChI=1S/C26H18Cl2FNO5S/c1-2-34-21-12-16(11-20(28)23(21)35-25(32)18-5-3-4-6-19(18)27)13-22-24(31)30(26(33)36-22)14-15-7-9-17(29)10-8-15/h3-13H,2,14H2,1H3/b22-13-. The number of imide groups is 1. The van der Waals surface area contributed by atoms with Crippen molar-refractivity contribution in [3.63, 3.8) is 0 Å². The highest BCUT2D eigenvalue weighted by Crippen LogP contribution is 2.40. The van der Waals surface area contributed by atoms with Gasteiger partial charge in [-0.2, -0.15) is 0 Å². The van der Waals surface area contributed by atoms with E-state index >= 15 is 0 Å². The van der Waals surface area contributed by atoms with Crippen molar-refractivity contribution in [3.05, 3.63) is 98.1 Å². The van der Waals surface area contributed by atoms with E-state index in [4.69, 9.17) is 32.7 Å². The lowest BCUT2D eigenvalue weighted by molar-refractivity contribution is -0.123. The summed E-state index contributed by atoms with van der Waals surface area (Å²) in [7, 11) is 0. The number of esters is 1. The minimum Gasteiger partial charge on any atom is -0.490 e. The molecule has 0 saturated carbocycles. The van der Waals surface area contributed by atoms with Crippen molar-refractivity contribution < 1.29 is 28.2 Å². The van der Waals surface area contributed by atoms with Gasteiger partial charge < -0.3 is 9.47 Å². The molecule has 1 aliphatic heterocycles. The second-order valence-corrected chi connectivity index (χ2v) is 9.33. The number of carbonyl (C=O) groups is 3. The van der Waals surface area contributed by atoms with E-state index in [0.717, 1.165) is 16.7 Å². The molecule has 1 fully saturated rings. The number of nitrogens with zero attached hydrogens (tertiary/aromatic N) is 1. The van der Waals surface area contributed by atoms with Crippen LogP contribution in [0.5, 0.6) is 11.5 Å². The van der Waals surface area contributed by atoms with Crippen LogP contribution in [0.1, 0.15) is 28.4 Å². The Labute approximate surface area is 220 Å². The van der Waals surface area contributed by atoms with Crippen LogP contribution < -0.4 is 9.47 Å². The van der Waals surface area contributed by atoms with Crippen molar-refractivity contribution in [2.75, 3.05) is 6.61 Å². The van der Waals surface area contributed by atoms with Gasteiger partial charge in [0.05, 0.1) is 33.7 Å². The number of hydrogen-bond donors (Lipinski definition) is 0. The van der Waals surface area contributed by atoms with Gasteiger partial charge >= 0.3 is 5.97 Å². The summed E-state index contributed by atoms with van der Waals surface area (Å²) in [5.41, 5.74) is 1.25. The minimum atomic E-state index is -0.710. The Morgan fingerprint density at radius 2 is 1.78 bits per heavy atom. The maximum atomic E-state index is 13.2. The summed E-state index contributed by atoms with van der Waals surface area (Å²) in [5, 5.41) is -0.153. The molecule has 1 heterocycles. The third kappa shape index (κ3) is 5.73. The van der Waals surface area contributed by atoms with Gasteiger partial charge in [-0.15, -0.1) is 0 Å².